The van der Waals surface area contributed by atoms with Crippen molar-refractivity contribution in [3.63, 3.8) is 0 Å². The molecule has 0 amide bonds. The second-order valence-corrected chi connectivity index (χ2v) is 4.59. The predicted octanol–water partition coefficient (Wildman–Crippen LogP) is 0.744. The summed E-state index contributed by atoms with van der Waals surface area (Å²) in [4.78, 5) is 10.7. The molecular weight excluding hydrogens is 156 g/mol. The van der Waals surface area contributed by atoms with Crippen molar-refractivity contribution in [2.75, 3.05) is 13.2 Å². The summed E-state index contributed by atoms with van der Waals surface area (Å²) in [6, 6.07) is 0. The molecule has 1 N–H and O–H groups in total. The second kappa shape index (κ2) is 1.84. The Morgan fingerprint density at radius 2 is 1.92 bits per heavy atom. The number of hydrogen-bond acceptors (Lipinski definition) is 2. The first-order valence-corrected chi connectivity index (χ1v) is 4.52. The van der Waals surface area contributed by atoms with Crippen LogP contribution >= 0.6 is 0 Å². The van der Waals surface area contributed by atoms with Crippen molar-refractivity contribution in [1.82, 2.24) is 0 Å². The molecule has 0 aromatic heterocycles. The Balaban J connectivity index is 1.69. The molecule has 1 aliphatic heterocycles. The van der Waals surface area contributed by atoms with Crippen LogP contribution in [0.5, 0.6) is 0 Å². The standard InChI is InChI=1S/C9H12O3/c10-8(11)7-5-1-9(2-6(5)7)3-12-4-9/h5-7H,1-4H2,(H,10,11)/t5-,6+,7?. The molecule has 3 atom stereocenters. The summed E-state index contributed by atoms with van der Waals surface area (Å²) in [5, 5.41) is 8.79. The van der Waals surface area contributed by atoms with Crippen molar-refractivity contribution in [1.29, 1.82) is 0 Å². The van der Waals surface area contributed by atoms with Crippen LogP contribution in [0, 0.1) is 23.2 Å². The van der Waals surface area contributed by atoms with Crippen molar-refractivity contribution in [3.05, 3.63) is 0 Å². The van der Waals surface area contributed by atoms with Gasteiger partial charge in [0.2, 0.25) is 0 Å². The Morgan fingerprint density at radius 3 is 2.25 bits per heavy atom. The van der Waals surface area contributed by atoms with Gasteiger partial charge in [-0.1, -0.05) is 0 Å². The monoisotopic (exact) mass is 168 g/mol. The third-order valence-corrected chi connectivity index (χ3v) is 3.77. The van der Waals surface area contributed by atoms with Gasteiger partial charge in [-0.05, 0) is 24.7 Å². The summed E-state index contributed by atoms with van der Waals surface area (Å²) in [5.41, 5.74) is 0.418. The van der Waals surface area contributed by atoms with E-state index in [0.717, 1.165) is 26.1 Å². The van der Waals surface area contributed by atoms with Crippen LogP contribution in [-0.2, 0) is 9.53 Å². The highest BCUT2D eigenvalue weighted by atomic mass is 16.5. The van der Waals surface area contributed by atoms with E-state index in [4.69, 9.17) is 9.84 Å². The van der Waals surface area contributed by atoms with E-state index in [0.29, 0.717) is 17.3 Å². The van der Waals surface area contributed by atoms with Crippen molar-refractivity contribution in [3.8, 4) is 0 Å². The minimum absolute atomic E-state index is 0.00350. The van der Waals surface area contributed by atoms with Crippen molar-refractivity contribution >= 4 is 5.97 Å². The van der Waals surface area contributed by atoms with Gasteiger partial charge in [-0.15, -0.1) is 0 Å². The summed E-state index contributed by atoms with van der Waals surface area (Å²) >= 11 is 0. The maximum absolute atomic E-state index is 10.7. The van der Waals surface area contributed by atoms with Crippen LogP contribution in [0.4, 0.5) is 0 Å². The fraction of sp³-hybridized carbons (Fsp3) is 0.889. The molecule has 12 heavy (non-hydrogen) atoms. The number of carboxylic acids is 1. The molecule has 3 heteroatoms. The smallest absolute Gasteiger partial charge is 0.307 e. The first-order chi connectivity index (χ1) is 5.72. The van der Waals surface area contributed by atoms with Gasteiger partial charge in [0.05, 0.1) is 19.1 Å². The van der Waals surface area contributed by atoms with E-state index in [1.807, 2.05) is 0 Å². The largest absolute Gasteiger partial charge is 0.481 e. The van der Waals surface area contributed by atoms with Crippen molar-refractivity contribution in [2.24, 2.45) is 23.2 Å². The second-order valence-electron chi connectivity index (χ2n) is 4.59. The molecule has 3 rings (SSSR count). The zero-order chi connectivity index (χ0) is 8.34. The quantitative estimate of drug-likeness (QED) is 0.628. The van der Waals surface area contributed by atoms with Gasteiger partial charge >= 0.3 is 5.97 Å². The number of carbonyl (C=O) groups is 1. The normalized spacial score (nSPS) is 46.8. The number of fused-ring (bicyclic) bond motifs is 1. The third kappa shape index (κ3) is 0.678. The van der Waals surface area contributed by atoms with Gasteiger partial charge in [-0.2, -0.15) is 0 Å². The predicted molar refractivity (Wildman–Crippen MR) is 40.6 cm³/mol. The lowest BCUT2D eigenvalue weighted by Crippen LogP contribution is -2.41. The summed E-state index contributed by atoms with van der Waals surface area (Å²) in [6.07, 6.45) is 2.21. The van der Waals surface area contributed by atoms with E-state index >= 15 is 0 Å². The number of ether oxygens (including phenoxy) is 1. The molecule has 1 saturated heterocycles. The molecule has 1 heterocycles. The van der Waals surface area contributed by atoms with Gasteiger partial charge in [0.1, 0.15) is 0 Å². The summed E-state index contributed by atoms with van der Waals surface area (Å²) in [5.74, 6) is 0.397. The van der Waals surface area contributed by atoms with E-state index < -0.39 is 5.97 Å². The van der Waals surface area contributed by atoms with Crippen LogP contribution in [-0.4, -0.2) is 24.3 Å². The molecule has 2 aliphatic carbocycles. The fourth-order valence-electron chi connectivity index (χ4n) is 3.08. The molecular formula is C9H12O3. The van der Waals surface area contributed by atoms with E-state index in [-0.39, 0.29) is 5.92 Å². The van der Waals surface area contributed by atoms with Crippen LogP contribution in [0.2, 0.25) is 0 Å². The Kier molecular flexibility index (Phi) is 1.06. The fourth-order valence-corrected chi connectivity index (χ4v) is 3.08. The van der Waals surface area contributed by atoms with Gasteiger partial charge in [0.15, 0.2) is 0 Å². The molecule has 0 aromatic carbocycles. The van der Waals surface area contributed by atoms with Crippen molar-refractivity contribution in [2.45, 2.75) is 12.8 Å². The van der Waals surface area contributed by atoms with E-state index in [1.54, 1.807) is 0 Å². The van der Waals surface area contributed by atoms with Crippen LogP contribution in [0.25, 0.3) is 0 Å². The molecule has 0 bridgehead atoms. The van der Waals surface area contributed by atoms with Crippen LogP contribution in [0.15, 0.2) is 0 Å². The van der Waals surface area contributed by atoms with E-state index in [2.05, 4.69) is 0 Å². The van der Waals surface area contributed by atoms with Gasteiger partial charge in [0, 0.05) is 5.41 Å². The minimum atomic E-state index is -0.583. The molecule has 0 aromatic rings. The van der Waals surface area contributed by atoms with Crippen LogP contribution < -0.4 is 0 Å². The average molecular weight is 168 g/mol. The summed E-state index contributed by atoms with van der Waals surface area (Å²) in [6.45, 7) is 1.76. The molecule has 1 unspecified atom stereocenters. The number of aliphatic carboxylic acids is 1. The lowest BCUT2D eigenvalue weighted by molar-refractivity contribution is -0.143. The lowest BCUT2D eigenvalue weighted by atomic mass is 9.80. The maximum Gasteiger partial charge on any atom is 0.307 e. The van der Waals surface area contributed by atoms with E-state index in [9.17, 15) is 4.79 Å². The molecule has 0 radical (unpaired) electrons. The maximum atomic E-state index is 10.7. The zero-order valence-corrected chi connectivity index (χ0v) is 6.82. The van der Waals surface area contributed by atoms with Crippen LogP contribution in [0.3, 0.4) is 0 Å². The Labute approximate surface area is 70.7 Å². The van der Waals surface area contributed by atoms with Gasteiger partial charge in [0.25, 0.3) is 0 Å². The van der Waals surface area contributed by atoms with Crippen LogP contribution in [0.1, 0.15) is 12.8 Å². The zero-order valence-electron chi connectivity index (χ0n) is 6.82. The first kappa shape index (κ1) is 6.89. The molecule has 3 aliphatic rings. The highest BCUT2D eigenvalue weighted by Gasteiger charge is 2.66. The Bertz CT molecular complexity index is 230. The highest BCUT2D eigenvalue weighted by molar-refractivity contribution is 5.74. The Hall–Kier alpha value is -0.570. The Morgan fingerprint density at radius 1 is 1.33 bits per heavy atom. The SMILES string of the molecule is O=C(O)C1[C@H]2CC3(COC3)C[C@@H]12. The summed E-state index contributed by atoms with van der Waals surface area (Å²) in [7, 11) is 0. The average Bonchev–Trinajstić information content (AvgIpc) is 2.46. The molecule has 3 fully saturated rings. The highest BCUT2D eigenvalue weighted by Crippen LogP contribution is 2.65. The van der Waals surface area contributed by atoms with Gasteiger partial charge in [-0.25, -0.2) is 0 Å². The number of hydrogen-bond donors (Lipinski definition) is 1. The lowest BCUT2D eigenvalue weighted by Gasteiger charge is -2.39. The molecule has 1 spiro atoms. The van der Waals surface area contributed by atoms with E-state index in [1.165, 1.54) is 0 Å². The van der Waals surface area contributed by atoms with Gasteiger partial charge < -0.3 is 9.84 Å². The molecule has 2 saturated carbocycles. The molecule has 3 nitrogen and oxygen atoms in total. The van der Waals surface area contributed by atoms with Crippen molar-refractivity contribution < 1.29 is 14.6 Å². The number of carboxylic acid groups (broad SMARTS) is 1. The third-order valence-electron chi connectivity index (χ3n) is 3.77. The summed E-state index contributed by atoms with van der Waals surface area (Å²) < 4.78 is 5.18. The van der Waals surface area contributed by atoms with Gasteiger partial charge in [-0.3, -0.25) is 4.79 Å². The first-order valence-electron chi connectivity index (χ1n) is 4.52. The molecule has 66 valence electrons. The minimum Gasteiger partial charge on any atom is -0.481 e. The number of rotatable bonds is 1. The topological polar surface area (TPSA) is 46.5 Å².